The van der Waals surface area contributed by atoms with Crippen LogP contribution in [0.15, 0.2) is 37.1 Å². The zero-order chi connectivity index (χ0) is 21.0. The number of hydrogen-bond donors (Lipinski definition) is 0. The lowest BCUT2D eigenvalue weighted by molar-refractivity contribution is 0.122. The Morgan fingerprint density at radius 3 is 2.65 bits per heavy atom. The zero-order valence-electron chi connectivity index (χ0n) is 18.0. The Hall–Kier alpha value is -2.80. The van der Waals surface area contributed by atoms with Crippen LogP contribution >= 0.6 is 0 Å². The van der Waals surface area contributed by atoms with Gasteiger partial charge in [-0.25, -0.2) is 15.0 Å². The van der Waals surface area contributed by atoms with Crippen molar-refractivity contribution in [1.82, 2.24) is 19.9 Å². The first-order valence-corrected chi connectivity index (χ1v) is 11.3. The number of nitrogens with zero attached hydrogens (tertiary/aromatic N) is 5. The smallest absolute Gasteiger partial charge is 0.149 e. The average Bonchev–Trinajstić information content (AvgIpc) is 2.82. The third-order valence-electron chi connectivity index (χ3n) is 6.47. The molecule has 0 radical (unpaired) electrons. The SMILES string of the molecule is Cc1cncnc1CC1CCC(Oc2cc(N3CCOCC3)cc3nccnc23)CC1. The van der Waals surface area contributed by atoms with E-state index in [2.05, 4.69) is 43.9 Å². The lowest BCUT2D eigenvalue weighted by atomic mass is 9.84. The van der Waals surface area contributed by atoms with Gasteiger partial charge < -0.3 is 14.4 Å². The van der Waals surface area contributed by atoms with E-state index in [1.807, 2.05) is 6.20 Å². The number of ether oxygens (including phenoxy) is 2. The zero-order valence-corrected chi connectivity index (χ0v) is 18.0. The topological polar surface area (TPSA) is 73.3 Å². The fourth-order valence-corrected chi connectivity index (χ4v) is 4.67. The number of aromatic nitrogens is 4. The third-order valence-corrected chi connectivity index (χ3v) is 6.47. The molecular formula is C24H29N5O2. The fraction of sp³-hybridized carbons (Fsp3) is 0.500. The molecule has 1 aliphatic heterocycles. The molecule has 0 unspecified atom stereocenters. The van der Waals surface area contributed by atoms with Crippen LogP contribution in [0.3, 0.4) is 0 Å². The molecule has 1 saturated carbocycles. The highest BCUT2D eigenvalue weighted by Crippen LogP contribution is 2.34. The van der Waals surface area contributed by atoms with Gasteiger partial charge in [-0.1, -0.05) is 0 Å². The highest BCUT2D eigenvalue weighted by atomic mass is 16.5. The van der Waals surface area contributed by atoms with Crippen molar-refractivity contribution >= 4 is 16.7 Å². The first-order valence-electron chi connectivity index (χ1n) is 11.3. The summed E-state index contributed by atoms with van der Waals surface area (Å²) in [6, 6.07) is 4.25. The van der Waals surface area contributed by atoms with Gasteiger partial charge in [0.15, 0.2) is 0 Å². The molecule has 0 N–H and O–H groups in total. The summed E-state index contributed by atoms with van der Waals surface area (Å²) < 4.78 is 12.0. The standard InChI is InChI=1S/C24H29N5O2/c1-17-15-25-16-28-21(17)12-18-2-4-20(5-3-18)31-23-14-19(29-8-10-30-11-9-29)13-22-24(23)27-7-6-26-22/h6-7,13-16,18,20H,2-5,8-12H2,1H3. The number of morpholine rings is 1. The summed E-state index contributed by atoms with van der Waals surface area (Å²) in [6.07, 6.45) is 12.7. The summed E-state index contributed by atoms with van der Waals surface area (Å²) in [5, 5.41) is 0. The van der Waals surface area contributed by atoms with Crippen molar-refractivity contribution in [1.29, 1.82) is 0 Å². The number of anilines is 1. The van der Waals surface area contributed by atoms with Crippen LogP contribution in [0.4, 0.5) is 5.69 Å². The lowest BCUT2D eigenvalue weighted by Crippen LogP contribution is -2.36. The molecule has 0 spiro atoms. The molecule has 0 bridgehead atoms. The first kappa shape index (κ1) is 20.1. The van der Waals surface area contributed by atoms with Gasteiger partial charge in [-0.3, -0.25) is 4.98 Å². The average molecular weight is 420 g/mol. The Bertz CT molecular complexity index is 1030. The van der Waals surface area contributed by atoms with Gasteiger partial charge in [0.25, 0.3) is 0 Å². The van der Waals surface area contributed by atoms with Gasteiger partial charge in [-0.15, -0.1) is 0 Å². The number of hydrogen-bond acceptors (Lipinski definition) is 7. The monoisotopic (exact) mass is 419 g/mol. The highest BCUT2D eigenvalue weighted by Gasteiger charge is 2.25. The molecule has 5 rings (SSSR count). The number of fused-ring (bicyclic) bond motifs is 1. The van der Waals surface area contributed by atoms with Gasteiger partial charge in [0.1, 0.15) is 17.6 Å². The summed E-state index contributed by atoms with van der Waals surface area (Å²) in [4.78, 5) is 20.0. The molecule has 7 nitrogen and oxygen atoms in total. The van der Waals surface area contributed by atoms with Crippen LogP contribution in [0, 0.1) is 12.8 Å². The molecule has 0 atom stereocenters. The Kier molecular flexibility index (Phi) is 5.93. The van der Waals surface area contributed by atoms with Crippen molar-refractivity contribution in [2.75, 3.05) is 31.2 Å². The maximum atomic E-state index is 6.54. The minimum Gasteiger partial charge on any atom is -0.488 e. The summed E-state index contributed by atoms with van der Waals surface area (Å²) >= 11 is 0. The molecular weight excluding hydrogens is 390 g/mol. The van der Waals surface area contributed by atoms with Gasteiger partial charge in [0.05, 0.1) is 24.8 Å². The van der Waals surface area contributed by atoms with Crippen molar-refractivity contribution < 1.29 is 9.47 Å². The highest BCUT2D eigenvalue weighted by molar-refractivity contribution is 5.85. The Balaban J connectivity index is 1.28. The summed E-state index contributed by atoms with van der Waals surface area (Å²) in [6.45, 7) is 5.38. The maximum Gasteiger partial charge on any atom is 0.149 e. The van der Waals surface area contributed by atoms with Gasteiger partial charge in [0, 0.05) is 49.1 Å². The molecule has 1 aromatic carbocycles. The van der Waals surface area contributed by atoms with Crippen molar-refractivity contribution in [3.8, 4) is 5.75 Å². The second kappa shape index (κ2) is 9.14. The normalized spacial score (nSPS) is 21.9. The third kappa shape index (κ3) is 4.61. The van der Waals surface area contributed by atoms with Crippen LogP contribution in [0.1, 0.15) is 36.9 Å². The van der Waals surface area contributed by atoms with Crippen molar-refractivity contribution in [3.63, 3.8) is 0 Å². The summed E-state index contributed by atoms with van der Waals surface area (Å²) in [7, 11) is 0. The van der Waals surface area contributed by atoms with E-state index in [0.29, 0.717) is 5.92 Å². The van der Waals surface area contributed by atoms with E-state index in [1.165, 1.54) is 11.3 Å². The molecule has 3 aromatic rings. The Morgan fingerprint density at radius 1 is 1.03 bits per heavy atom. The molecule has 2 aliphatic rings. The second-order valence-corrected chi connectivity index (χ2v) is 8.58. The minimum atomic E-state index is 0.216. The molecule has 2 aromatic heterocycles. The predicted octanol–water partition coefficient (Wildman–Crippen LogP) is 3.75. The lowest BCUT2D eigenvalue weighted by Gasteiger charge is -2.31. The molecule has 3 heterocycles. The van der Waals surface area contributed by atoms with E-state index in [0.717, 1.165) is 80.9 Å². The van der Waals surface area contributed by atoms with Crippen LogP contribution in [0.25, 0.3) is 11.0 Å². The van der Waals surface area contributed by atoms with Crippen LogP contribution in [0.2, 0.25) is 0 Å². The summed E-state index contributed by atoms with van der Waals surface area (Å²) in [5.74, 6) is 1.51. The van der Waals surface area contributed by atoms with Gasteiger partial charge in [-0.2, -0.15) is 0 Å². The Labute approximate surface area is 182 Å². The maximum absolute atomic E-state index is 6.54. The number of aryl methyl sites for hydroxylation is 1. The molecule has 1 saturated heterocycles. The van der Waals surface area contributed by atoms with Crippen LogP contribution in [-0.2, 0) is 11.2 Å². The van der Waals surface area contributed by atoms with Crippen LogP contribution in [-0.4, -0.2) is 52.3 Å². The van der Waals surface area contributed by atoms with Gasteiger partial charge in [0.2, 0.25) is 0 Å². The molecule has 162 valence electrons. The van der Waals surface area contributed by atoms with Gasteiger partial charge >= 0.3 is 0 Å². The van der Waals surface area contributed by atoms with Crippen molar-refractivity contribution in [2.45, 2.75) is 45.1 Å². The van der Waals surface area contributed by atoms with Crippen molar-refractivity contribution in [3.05, 3.63) is 48.3 Å². The van der Waals surface area contributed by atoms with Crippen LogP contribution in [0.5, 0.6) is 5.75 Å². The van der Waals surface area contributed by atoms with E-state index in [4.69, 9.17) is 9.47 Å². The fourth-order valence-electron chi connectivity index (χ4n) is 4.67. The predicted molar refractivity (Wildman–Crippen MR) is 119 cm³/mol. The molecule has 1 aliphatic carbocycles. The quantitative estimate of drug-likeness (QED) is 0.624. The van der Waals surface area contributed by atoms with Gasteiger partial charge in [-0.05, 0) is 56.6 Å². The van der Waals surface area contributed by atoms with E-state index < -0.39 is 0 Å². The summed E-state index contributed by atoms with van der Waals surface area (Å²) in [5.41, 5.74) is 5.23. The molecule has 7 heteroatoms. The molecule has 2 fully saturated rings. The van der Waals surface area contributed by atoms with E-state index in [1.54, 1.807) is 18.7 Å². The second-order valence-electron chi connectivity index (χ2n) is 8.58. The Morgan fingerprint density at radius 2 is 1.84 bits per heavy atom. The molecule has 0 amide bonds. The number of benzene rings is 1. The number of rotatable bonds is 5. The van der Waals surface area contributed by atoms with E-state index >= 15 is 0 Å². The van der Waals surface area contributed by atoms with E-state index in [-0.39, 0.29) is 6.10 Å². The van der Waals surface area contributed by atoms with Crippen molar-refractivity contribution in [2.24, 2.45) is 5.92 Å². The largest absolute Gasteiger partial charge is 0.488 e. The molecule has 31 heavy (non-hydrogen) atoms. The van der Waals surface area contributed by atoms with Crippen LogP contribution < -0.4 is 9.64 Å². The first-order chi connectivity index (χ1) is 15.3. The van der Waals surface area contributed by atoms with E-state index in [9.17, 15) is 0 Å². The minimum absolute atomic E-state index is 0.216.